The smallest absolute Gasteiger partial charge is 0.259 e. The van der Waals surface area contributed by atoms with Crippen molar-refractivity contribution in [1.82, 2.24) is 9.88 Å². The first-order valence-corrected chi connectivity index (χ1v) is 7.49. The maximum absolute atomic E-state index is 12.8. The molecule has 110 valence electrons. The van der Waals surface area contributed by atoms with E-state index in [1.165, 1.54) is 6.42 Å². The summed E-state index contributed by atoms with van der Waals surface area (Å²) in [7, 11) is 1.56. The van der Waals surface area contributed by atoms with Crippen molar-refractivity contribution in [2.75, 3.05) is 13.7 Å². The minimum absolute atomic E-state index is 0.0555. The average Bonchev–Trinajstić information content (AvgIpc) is 2.48. The average molecular weight is 276 g/mol. The van der Waals surface area contributed by atoms with Gasteiger partial charge in [-0.3, -0.25) is 4.79 Å². The summed E-state index contributed by atoms with van der Waals surface area (Å²) < 4.78 is 5.22. The lowest BCUT2D eigenvalue weighted by Gasteiger charge is -2.40. The molecule has 4 nitrogen and oxygen atoms in total. The first kappa shape index (κ1) is 14.8. The topological polar surface area (TPSA) is 42.4 Å². The van der Waals surface area contributed by atoms with E-state index in [2.05, 4.69) is 18.8 Å². The maximum atomic E-state index is 12.8. The fraction of sp³-hybridized carbons (Fsp3) is 0.625. The van der Waals surface area contributed by atoms with Gasteiger partial charge in [-0.2, -0.15) is 0 Å². The molecule has 1 amide bonds. The standard InChI is InChI=1S/C16H24N2O2/c1-4-7-14-12(2)8-6-11-18(14)16(19)13-9-5-10-17-15(13)20-3/h5,9-10,12,14H,4,6-8,11H2,1-3H3. The van der Waals surface area contributed by atoms with E-state index >= 15 is 0 Å². The van der Waals surface area contributed by atoms with E-state index in [-0.39, 0.29) is 5.91 Å². The Morgan fingerprint density at radius 2 is 2.35 bits per heavy atom. The Morgan fingerprint density at radius 1 is 1.55 bits per heavy atom. The SMILES string of the molecule is CCCC1C(C)CCCN1C(=O)c1cccnc1OC. The third-order valence-corrected chi connectivity index (χ3v) is 4.16. The molecule has 0 saturated carbocycles. The predicted molar refractivity (Wildman–Crippen MR) is 78.9 cm³/mol. The number of nitrogens with zero attached hydrogens (tertiary/aromatic N) is 2. The molecule has 0 aliphatic carbocycles. The van der Waals surface area contributed by atoms with E-state index in [4.69, 9.17) is 4.74 Å². The third kappa shape index (κ3) is 2.94. The molecule has 1 fully saturated rings. The molecule has 1 aliphatic heterocycles. The number of hydrogen-bond acceptors (Lipinski definition) is 3. The van der Waals surface area contributed by atoms with Gasteiger partial charge in [0.15, 0.2) is 0 Å². The lowest BCUT2D eigenvalue weighted by molar-refractivity contribution is 0.0493. The van der Waals surface area contributed by atoms with Crippen LogP contribution in [-0.4, -0.2) is 35.5 Å². The Balaban J connectivity index is 2.25. The molecule has 4 heteroatoms. The second-order valence-electron chi connectivity index (χ2n) is 5.53. The maximum Gasteiger partial charge on any atom is 0.259 e. The summed E-state index contributed by atoms with van der Waals surface area (Å²) in [5.41, 5.74) is 0.574. The molecule has 20 heavy (non-hydrogen) atoms. The molecule has 0 aromatic carbocycles. The number of aromatic nitrogens is 1. The Hall–Kier alpha value is -1.58. The van der Waals surface area contributed by atoms with Gasteiger partial charge in [-0.25, -0.2) is 4.98 Å². The van der Waals surface area contributed by atoms with Crippen molar-refractivity contribution in [2.45, 2.75) is 45.6 Å². The molecule has 1 aliphatic rings. The zero-order chi connectivity index (χ0) is 14.5. The Kier molecular flexibility index (Phi) is 4.99. The summed E-state index contributed by atoms with van der Waals surface area (Å²) in [5, 5.41) is 0. The van der Waals surface area contributed by atoms with Crippen molar-refractivity contribution >= 4 is 5.91 Å². The molecule has 2 heterocycles. The van der Waals surface area contributed by atoms with Crippen LogP contribution in [0.2, 0.25) is 0 Å². The quantitative estimate of drug-likeness (QED) is 0.848. The van der Waals surface area contributed by atoms with Crippen molar-refractivity contribution in [1.29, 1.82) is 0 Å². The van der Waals surface area contributed by atoms with E-state index in [0.29, 0.717) is 23.4 Å². The number of piperidine rings is 1. The largest absolute Gasteiger partial charge is 0.480 e. The van der Waals surface area contributed by atoms with Crippen molar-refractivity contribution in [3.05, 3.63) is 23.9 Å². The molecule has 2 atom stereocenters. The molecular weight excluding hydrogens is 252 g/mol. The summed E-state index contributed by atoms with van der Waals surface area (Å²) in [6.45, 7) is 5.26. The van der Waals surface area contributed by atoms with Crippen LogP contribution in [0.3, 0.4) is 0 Å². The number of carbonyl (C=O) groups is 1. The molecule has 0 bridgehead atoms. The zero-order valence-corrected chi connectivity index (χ0v) is 12.6. The van der Waals surface area contributed by atoms with Crippen LogP contribution in [0.5, 0.6) is 5.88 Å². The number of amides is 1. The predicted octanol–water partition coefficient (Wildman–Crippen LogP) is 3.13. The van der Waals surface area contributed by atoms with Crippen LogP contribution < -0.4 is 4.74 Å². The van der Waals surface area contributed by atoms with Gasteiger partial charge < -0.3 is 9.64 Å². The highest BCUT2D eigenvalue weighted by molar-refractivity contribution is 5.96. The van der Waals surface area contributed by atoms with Crippen molar-refractivity contribution < 1.29 is 9.53 Å². The van der Waals surface area contributed by atoms with Gasteiger partial charge in [0.2, 0.25) is 5.88 Å². The second-order valence-corrected chi connectivity index (χ2v) is 5.53. The van der Waals surface area contributed by atoms with Gasteiger partial charge in [0.05, 0.1) is 7.11 Å². The minimum atomic E-state index is 0.0555. The van der Waals surface area contributed by atoms with Gasteiger partial charge in [0.1, 0.15) is 5.56 Å². The summed E-state index contributed by atoms with van der Waals surface area (Å²) in [4.78, 5) is 19.0. The molecule has 0 radical (unpaired) electrons. The summed E-state index contributed by atoms with van der Waals surface area (Å²) in [6, 6.07) is 3.93. The highest BCUT2D eigenvalue weighted by Crippen LogP contribution is 2.29. The Labute approximate surface area is 121 Å². The number of rotatable bonds is 4. The van der Waals surface area contributed by atoms with Crippen LogP contribution in [0, 0.1) is 5.92 Å². The van der Waals surface area contributed by atoms with Crippen molar-refractivity contribution in [3.8, 4) is 5.88 Å². The summed E-state index contributed by atoms with van der Waals surface area (Å²) in [5.74, 6) is 1.04. The fourth-order valence-corrected chi connectivity index (χ4v) is 3.11. The number of carbonyl (C=O) groups excluding carboxylic acids is 1. The Bertz CT molecular complexity index is 462. The second kappa shape index (κ2) is 6.73. The van der Waals surface area contributed by atoms with Gasteiger partial charge in [-0.15, -0.1) is 0 Å². The molecule has 2 rings (SSSR count). The van der Waals surface area contributed by atoms with Crippen LogP contribution in [-0.2, 0) is 0 Å². The van der Waals surface area contributed by atoms with Crippen molar-refractivity contribution in [2.24, 2.45) is 5.92 Å². The first-order valence-electron chi connectivity index (χ1n) is 7.49. The molecule has 0 spiro atoms. The molecule has 1 aromatic heterocycles. The highest BCUT2D eigenvalue weighted by Gasteiger charge is 2.32. The number of ether oxygens (including phenoxy) is 1. The number of methoxy groups -OCH3 is 1. The lowest BCUT2D eigenvalue weighted by atomic mass is 9.87. The van der Waals surface area contributed by atoms with Crippen LogP contribution in [0.1, 0.15) is 49.9 Å². The van der Waals surface area contributed by atoms with E-state index in [0.717, 1.165) is 25.8 Å². The fourth-order valence-electron chi connectivity index (χ4n) is 3.11. The monoisotopic (exact) mass is 276 g/mol. The zero-order valence-electron chi connectivity index (χ0n) is 12.6. The molecular formula is C16H24N2O2. The van der Waals surface area contributed by atoms with Gasteiger partial charge in [-0.05, 0) is 37.3 Å². The lowest BCUT2D eigenvalue weighted by Crippen LogP contribution is -2.47. The molecule has 2 unspecified atom stereocenters. The first-order chi connectivity index (χ1) is 9.69. The summed E-state index contributed by atoms with van der Waals surface area (Å²) in [6.07, 6.45) is 6.10. The molecule has 1 saturated heterocycles. The van der Waals surface area contributed by atoms with Crippen LogP contribution in [0.25, 0.3) is 0 Å². The van der Waals surface area contributed by atoms with E-state index in [1.54, 1.807) is 25.4 Å². The van der Waals surface area contributed by atoms with E-state index in [9.17, 15) is 4.79 Å². The minimum Gasteiger partial charge on any atom is -0.480 e. The third-order valence-electron chi connectivity index (χ3n) is 4.16. The Morgan fingerprint density at radius 3 is 3.05 bits per heavy atom. The van der Waals surface area contributed by atoms with Gasteiger partial charge in [0, 0.05) is 18.8 Å². The normalized spacial score (nSPS) is 22.6. The van der Waals surface area contributed by atoms with E-state index < -0.39 is 0 Å². The molecule has 0 N–H and O–H groups in total. The van der Waals surface area contributed by atoms with Crippen LogP contribution in [0.15, 0.2) is 18.3 Å². The van der Waals surface area contributed by atoms with Gasteiger partial charge >= 0.3 is 0 Å². The summed E-state index contributed by atoms with van der Waals surface area (Å²) >= 11 is 0. The van der Waals surface area contributed by atoms with E-state index in [1.807, 2.05) is 4.90 Å². The van der Waals surface area contributed by atoms with Gasteiger partial charge in [-0.1, -0.05) is 20.3 Å². The van der Waals surface area contributed by atoms with Crippen LogP contribution in [0.4, 0.5) is 0 Å². The number of likely N-dealkylation sites (tertiary alicyclic amines) is 1. The number of hydrogen-bond donors (Lipinski definition) is 0. The highest BCUT2D eigenvalue weighted by atomic mass is 16.5. The van der Waals surface area contributed by atoms with Crippen LogP contribution >= 0.6 is 0 Å². The molecule has 1 aromatic rings. The van der Waals surface area contributed by atoms with Gasteiger partial charge in [0.25, 0.3) is 5.91 Å². The number of pyridine rings is 1. The van der Waals surface area contributed by atoms with Crippen molar-refractivity contribution in [3.63, 3.8) is 0 Å².